The van der Waals surface area contributed by atoms with Gasteiger partial charge in [0.15, 0.2) is 5.96 Å². The fourth-order valence-electron chi connectivity index (χ4n) is 1.35. The molecule has 0 radical (unpaired) electrons. The first-order valence-electron chi connectivity index (χ1n) is 6.81. The normalized spacial score (nSPS) is 11.5. The van der Waals surface area contributed by atoms with Crippen molar-refractivity contribution in [3.05, 3.63) is 0 Å². The van der Waals surface area contributed by atoms with E-state index in [9.17, 15) is 4.79 Å². The highest BCUT2D eigenvalue weighted by molar-refractivity contribution is 5.81. The van der Waals surface area contributed by atoms with E-state index in [0.29, 0.717) is 18.9 Å². The standard InChI is InChI=1S/C13H28N4O/c1-5-8-15-12(18)7-10-17-13(14-4)16-9-6-11(2)3/h11H,5-10H2,1-4H3,(H,15,18)(H2,14,16,17). The van der Waals surface area contributed by atoms with E-state index in [-0.39, 0.29) is 5.91 Å². The second-order valence-electron chi connectivity index (χ2n) is 4.71. The average molecular weight is 256 g/mol. The average Bonchev–Trinajstić information content (AvgIpc) is 2.34. The topological polar surface area (TPSA) is 65.5 Å². The number of hydrogen-bond donors (Lipinski definition) is 3. The number of nitrogens with zero attached hydrogens (tertiary/aromatic N) is 1. The first kappa shape index (κ1) is 16.7. The van der Waals surface area contributed by atoms with Crippen molar-refractivity contribution in [3.63, 3.8) is 0 Å². The molecule has 0 bridgehead atoms. The van der Waals surface area contributed by atoms with Gasteiger partial charge in [-0.2, -0.15) is 0 Å². The molecule has 5 nitrogen and oxygen atoms in total. The SMILES string of the molecule is CCCNC(=O)CCNC(=NC)NCCC(C)C. The van der Waals surface area contributed by atoms with Gasteiger partial charge in [-0.3, -0.25) is 9.79 Å². The Hall–Kier alpha value is -1.26. The summed E-state index contributed by atoms with van der Waals surface area (Å²) in [6.45, 7) is 8.68. The zero-order valence-corrected chi connectivity index (χ0v) is 12.2. The molecule has 18 heavy (non-hydrogen) atoms. The molecule has 0 aliphatic carbocycles. The number of rotatable bonds is 8. The molecule has 0 rings (SSSR count). The Labute approximate surface area is 111 Å². The van der Waals surface area contributed by atoms with Crippen LogP contribution in [-0.4, -0.2) is 38.5 Å². The highest BCUT2D eigenvalue weighted by Crippen LogP contribution is 1.95. The Morgan fingerprint density at radius 3 is 2.33 bits per heavy atom. The minimum absolute atomic E-state index is 0.0852. The Bertz CT molecular complexity index is 251. The number of nitrogens with one attached hydrogen (secondary N) is 3. The fraction of sp³-hybridized carbons (Fsp3) is 0.846. The fourth-order valence-corrected chi connectivity index (χ4v) is 1.35. The van der Waals surface area contributed by atoms with Gasteiger partial charge in [-0.25, -0.2) is 0 Å². The van der Waals surface area contributed by atoms with Crippen LogP contribution in [0.2, 0.25) is 0 Å². The lowest BCUT2D eigenvalue weighted by Crippen LogP contribution is -2.40. The lowest BCUT2D eigenvalue weighted by atomic mass is 10.1. The second kappa shape index (κ2) is 10.9. The van der Waals surface area contributed by atoms with E-state index in [0.717, 1.165) is 31.9 Å². The molecule has 5 heteroatoms. The van der Waals surface area contributed by atoms with E-state index in [1.807, 2.05) is 6.92 Å². The Morgan fingerprint density at radius 2 is 1.78 bits per heavy atom. The molecule has 0 saturated heterocycles. The number of carbonyl (C=O) groups is 1. The van der Waals surface area contributed by atoms with Crippen LogP contribution >= 0.6 is 0 Å². The summed E-state index contributed by atoms with van der Waals surface area (Å²) in [5, 5.41) is 9.20. The van der Waals surface area contributed by atoms with E-state index in [1.54, 1.807) is 7.05 Å². The highest BCUT2D eigenvalue weighted by atomic mass is 16.1. The van der Waals surface area contributed by atoms with E-state index >= 15 is 0 Å². The number of carbonyl (C=O) groups excluding carboxylic acids is 1. The van der Waals surface area contributed by atoms with Gasteiger partial charge in [-0.15, -0.1) is 0 Å². The summed E-state index contributed by atoms with van der Waals surface area (Å²) in [6, 6.07) is 0. The van der Waals surface area contributed by atoms with Gasteiger partial charge in [0.05, 0.1) is 0 Å². The van der Waals surface area contributed by atoms with Crippen LogP contribution in [0.1, 0.15) is 40.0 Å². The van der Waals surface area contributed by atoms with E-state index < -0.39 is 0 Å². The molecule has 0 heterocycles. The summed E-state index contributed by atoms with van der Waals surface area (Å²) < 4.78 is 0. The largest absolute Gasteiger partial charge is 0.356 e. The molecular weight excluding hydrogens is 228 g/mol. The monoisotopic (exact) mass is 256 g/mol. The quantitative estimate of drug-likeness (QED) is 0.450. The Morgan fingerprint density at radius 1 is 1.11 bits per heavy atom. The zero-order chi connectivity index (χ0) is 13.8. The zero-order valence-electron chi connectivity index (χ0n) is 12.2. The van der Waals surface area contributed by atoms with Crippen molar-refractivity contribution in [2.45, 2.75) is 40.0 Å². The maximum Gasteiger partial charge on any atom is 0.221 e. The van der Waals surface area contributed by atoms with Gasteiger partial charge in [-0.1, -0.05) is 20.8 Å². The van der Waals surface area contributed by atoms with Crippen molar-refractivity contribution in [2.24, 2.45) is 10.9 Å². The smallest absolute Gasteiger partial charge is 0.221 e. The van der Waals surface area contributed by atoms with E-state index in [2.05, 4.69) is 34.8 Å². The van der Waals surface area contributed by atoms with Gasteiger partial charge in [0, 0.05) is 33.1 Å². The lowest BCUT2D eigenvalue weighted by molar-refractivity contribution is -0.120. The maximum atomic E-state index is 11.4. The summed E-state index contributed by atoms with van der Waals surface area (Å²) in [5.41, 5.74) is 0. The van der Waals surface area contributed by atoms with Crippen LogP contribution in [-0.2, 0) is 4.79 Å². The molecule has 0 aromatic carbocycles. The molecule has 0 saturated carbocycles. The van der Waals surface area contributed by atoms with Gasteiger partial charge in [0.1, 0.15) is 0 Å². The second-order valence-corrected chi connectivity index (χ2v) is 4.71. The van der Waals surface area contributed by atoms with E-state index in [1.165, 1.54) is 0 Å². The third-order valence-corrected chi connectivity index (χ3v) is 2.45. The summed E-state index contributed by atoms with van der Waals surface area (Å²) in [6.07, 6.45) is 2.56. The highest BCUT2D eigenvalue weighted by Gasteiger charge is 2.01. The third kappa shape index (κ3) is 9.93. The minimum Gasteiger partial charge on any atom is -0.356 e. The van der Waals surface area contributed by atoms with Crippen molar-refractivity contribution < 1.29 is 4.79 Å². The van der Waals surface area contributed by atoms with Gasteiger partial charge in [0.2, 0.25) is 5.91 Å². The third-order valence-electron chi connectivity index (χ3n) is 2.45. The molecule has 0 fully saturated rings. The van der Waals surface area contributed by atoms with Crippen LogP contribution < -0.4 is 16.0 Å². The first-order chi connectivity index (χ1) is 8.60. The summed E-state index contributed by atoms with van der Waals surface area (Å²) >= 11 is 0. The Kier molecular flexibility index (Phi) is 10.1. The summed E-state index contributed by atoms with van der Waals surface area (Å²) in [5.74, 6) is 1.52. The number of aliphatic imine (C=N–C) groups is 1. The minimum atomic E-state index is 0.0852. The van der Waals surface area contributed by atoms with Crippen molar-refractivity contribution in [1.29, 1.82) is 0 Å². The lowest BCUT2D eigenvalue weighted by Gasteiger charge is -2.12. The maximum absolute atomic E-state index is 11.4. The molecule has 0 atom stereocenters. The number of guanidine groups is 1. The van der Waals surface area contributed by atoms with Crippen LogP contribution in [0.4, 0.5) is 0 Å². The molecule has 0 unspecified atom stereocenters. The van der Waals surface area contributed by atoms with Gasteiger partial charge >= 0.3 is 0 Å². The van der Waals surface area contributed by atoms with Gasteiger partial charge < -0.3 is 16.0 Å². The van der Waals surface area contributed by atoms with E-state index in [4.69, 9.17) is 0 Å². The molecule has 0 aromatic rings. The van der Waals surface area contributed by atoms with Crippen LogP contribution in [0, 0.1) is 5.92 Å². The summed E-state index contributed by atoms with van der Waals surface area (Å²) in [7, 11) is 1.74. The number of hydrogen-bond acceptors (Lipinski definition) is 2. The van der Waals surface area contributed by atoms with Crippen LogP contribution in [0.3, 0.4) is 0 Å². The van der Waals surface area contributed by atoms with Crippen molar-refractivity contribution >= 4 is 11.9 Å². The molecular formula is C13H28N4O. The predicted octanol–water partition coefficient (Wildman–Crippen LogP) is 1.11. The molecule has 0 spiro atoms. The van der Waals surface area contributed by atoms with Crippen molar-refractivity contribution in [1.82, 2.24) is 16.0 Å². The van der Waals surface area contributed by atoms with Crippen LogP contribution in [0.15, 0.2) is 4.99 Å². The van der Waals surface area contributed by atoms with Crippen LogP contribution in [0.5, 0.6) is 0 Å². The predicted molar refractivity (Wildman–Crippen MR) is 76.7 cm³/mol. The summed E-state index contributed by atoms with van der Waals surface area (Å²) in [4.78, 5) is 15.5. The van der Waals surface area contributed by atoms with Gasteiger partial charge in [-0.05, 0) is 18.8 Å². The van der Waals surface area contributed by atoms with Crippen molar-refractivity contribution in [3.8, 4) is 0 Å². The van der Waals surface area contributed by atoms with Gasteiger partial charge in [0.25, 0.3) is 0 Å². The molecule has 0 aliphatic rings. The number of amides is 1. The first-order valence-corrected chi connectivity index (χ1v) is 6.81. The molecule has 3 N–H and O–H groups in total. The molecule has 0 aliphatic heterocycles. The molecule has 1 amide bonds. The molecule has 0 aromatic heterocycles. The van der Waals surface area contributed by atoms with Crippen molar-refractivity contribution in [2.75, 3.05) is 26.7 Å². The van der Waals surface area contributed by atoms with Crippen LogP contribution in [0.25, 0.3) is 0 Å². The Balaban J connectivity index is 3.65. The molecule has 106 valence electrons.